The van der Waals surface area contributed by atoms with Crippen molar-refractivity contribution in [3.05, 3.63) is 42.7 Å². The molecule has 0 bridgehead atoms. The van der Waals surface area contributed by atoms with E-state index in [4.69, 9.17) is 0 Å². The predicted molar refractivity (Wildman–Crippen MR) is 113 cm³/mol. The number of rotatable bonds is 4. The van der Waals surface area contributed by atoms with E-state index in [2.05, 4.69) is 42.0 Å². The summed E-state index contributed by atoms with van der Waals surface area (Å²) >= 11 is 3.19. The fraction of sp³-hybridized carbons (Fsp3) is 0.381. The SMILES string of the molecule is C[C@@H]1C[C@@H](C)CN(C(=O)CSc2ncnc3sc(-c4ccccc4)cc23)C1. The Labute approximate surface area is 168 Å². The average Bonchev–Trinajstić information content (AvgIpc) is 3.11. The maximum absolute atomic E-state index is 12.7. The number of piperidine rings is 1. The number of carbonyl (C=O) groups excluding carboxylic acids is 1. The van der Waals surface area contributed by atoms with Crippen molar-refractivity contribution in [2.75, 3.05) is 18.8 Å². The molecule has 0 aliphatic carbocycles. The summed E-state index contributed by atoms with van der Waals surface area (Å²) in [5.41, 5.74) is 1.18. The zero-order valence-electron chi connectivity index (χ0n) is 15.6. The molecule has 1 aliphatic rings. The van der Waals surface area contributed by atoms with Crippen LogP contribution in [0.3, 0.4) is 0 Å². The normalized spacial score (nSPS) is 20.1. The Hall–Kier alpha value is -1.92. The summed E-state index contributed by atoms with van der Waals surface area (Å²) in [6.45, 7) is 6.21. The van der Waals surface area contributed by atoms with Crippen molar-refractivity contribution in [3.63, 3.8) is 0 Å². The highest BCUT2D eigenvalue weighted by atomic mass is 32.2. The van der Waals surface area contributed by atoms with E-state index in [1.54, 1.807) is 17.7 Å². The third-order valence-corrected chi connectivity index (χ3v) is 6.99. The van der Waals surface area contributed by atoms with Gasteiger partial charge in [0.15, 0.2) is 0 Å². The lowest BCUT2D eigenvalue weighted by atomic mass is 9.92. The van der Waals surface area contributed by atoms with Crippen LogP contribution in [0.2, 0.25) is 0 Å². The van der Waals surface area contributed by atoms with Crippen LogP contribution in [0.4, 0.5) is 0 Å². The molecule has 3 heterocycles. The van der Waals surface area contributed by atoms with E-state index in [0.717, 1.165) is 28.3 Å². The van der Waals surface area contributed by atoms with Gasteiger partial charge in [0.1, 0.15) is 16.2 Å². The molecule has 0 spiro atoms. The number of likely N-dealkylation sites (tertiary alicyclic amines) is 1. The second-order valence-corrected chi connectivity index (χ2v) is 9.40. The lowest BCUT2D eigenvalue weighted by molar-refractivity contribution is -0.130. The van der Waals surface area contributed by atoms with Gasteiger partial charge in [-0.05, 0) is 29.9 Å². The molecule has 6 heteroatoms. The first-order valence-corrected chi connectivity index (χ1v) is 11.1. The van der Waals surface area contributed by atoms with Gasteiger partial charge in [0.05, 0.1) is 5.75 Å². The summed E-state index contributed by atoms with van der Waals surface area (Å²) < 4.78 is 0. The zero-order valence-corrected chi connectivity index (χ0v) is 17.2. The van der Waals surface area contributed by atoms with Crippen LogP contribution in [-0.2, 0) is 4.79 Å². The molecule has 1 saturated heterocycles. The molecule has 2 atom stereocenters. The average molecular weight is 398 g/mol. The smallest absolute Gasteiger partial charge is 0.233 e. The van der Waals surface area contributed by atoms with Gasteiger partial charge in [-0.3, -0.25) is 4.79 Å². The van der Waals surface area contributed by atoms with Crippen molar-refractivity contribution in [2.24, 2.45) is 11.8 Å². The van der Waals surface area contributed by atoms with Gasteiger partial charge < -0.3 is 4.90 Å². The molecule has 0 radical (unpaired) electrons. The summed E-state index contributed by atoms with van der Waals surface area (Å²) in [5.74, 6) is 1.81. The Kier molecular flexibility index (Phi) is 5.45. The highest BCUT2D eigenvalue weighted by Crippen LogP contribution is 2.36. The van der Waals surface area contributed by atoms with Crippen LogP contribution in [0.5, 0.6) is 0 Å². The van der Waals surface area contributed by atoms with Gasteiger partial charge in [-0.2, -0.15) is 0 Å². The van der Waals surface area contributed by atoms with E-state index >= 15 is 0 Å². The molecule has 27 heavy (non-hydrogen) atoms. The second kappa shape index (κ2) is 7.98. The van der Waals surface area contributed by atoms with E-state index in [1.807, 2.05) is 23.1 Å². The number of benzene rings is 1. The molecule has 1 amide bonds. The molecule has 3 aromatic rings. The number of nitrogens with zero attached hydrogens (tertiary/aromatic N) is 3. The van der Waals surface area contributed by atoms with Crippen LogP contribution in [0.15, 0.2) is 47.8 Å². The molecule has 0 saturated carbocycles. The predicted octanol–water partition coefficient (Wildman–Crippen LogP) is 4.95. The summed E-state index contributed by atoms with van der Waals surface area (Å²) in [7, 11) is 0. The van der Waals surface area contributed by atoms with Gasteiger partial charge in [0.2, 0.25) is 5.91 Å². The van der Waals surface area contributed by atoms with E-state index in [1.165, 1.54) is 28.6 Å². The molecule has 0 unspecified atom stereocenters. The highest BCUT2D eigenvalue weighted by molar-refractivity contribution is 8.00. The maximum atomic E-state index is 12.7. The lowest BCUT2D eigenvalue weighted by Gasteiger charge is -2.35. The quantitative estimate of drug-likeness (QED) is 0.461. The van der Waals surface area contributed by atoms with Crippen molar-refractivity contribution < 1.29 is 4.79 Å². The lowest BCUT2D eigenvalue weighted by Crippen LogP contribution is -2.43. The number of hydrogen-bond acceptors (Lipinski definition) is 5. The molecule has 1 aromatic carbocycles. The Morgan fingerprint density at radius 2 is 1.93 bits per heavy atom. The number of thiophene rings is 1. The molecule has 0 N–H and O–H groups in total. The Morgan fingerprint density at radius 1 is 1.19 bits per heavy atom. The minimum atomic E-state index is 0.212. The number of fused-ring (bicyclic) bond motifs is 1. The summed E-state index contributed by atoms with van der Waals surface area (Å²) in [6.07, 6.45) is 2.81. The molecule has 1 fully saturated rings. The van der Waals surface area contributed by atoms with Crippen LogP contribution in [0, 0.1) is 11.8 Å². The van der Waals surface area contributed by atoms with Gasteiger partial charge in [0.25, 0.3) is 0 Å². The first kappa shape index (κ1) is 18.4. The van der Waals surface area contributed by atoms with Crippen LogP contribution in [0.1, 0.15) is 20.3 Å². The second-order valence-electron chi connectivity index (χ2n) is 7.41. The van der Waals surface area contributed by atoms with E-state index in [9.17, 15) is 4.79 Å². The summed E-state index contributed by atoms with van der Waals surface area (Å²) in [4.78, 5) is 25.7. The van der Waals surface area contributed by atoms with Gasteiger partial charge >= 0.3 is 0 Å². The van der Waals surface area contributed by atoms with Crippen molar-refractivity contribution in [3.8, 4) is 10.4 Å². The van der Waals surface area contributed by atoms with E-state index in [-0.39, 0.29) is 5.91 Å². The number of carbonyl (C=O) groups is 1. The minimum Gasteiger partial charge on any atom is -0.341 e. The Bertz CT molecular complexity index is 931. The summed E-state index contributed by atoms with van der Waals surface area (Å²) in [5, 5.41) is 1.93. The third-order valence-electron chi connectivity index (χ3n) is 4.91. The van der Waals surface area contributed by atoms with Crippen LogP contribution >= 0.6 is 23.1 Å². The standard InChI is InChI=1S/C21H23N3OS2/c1-14-8-15(2)11-24(10-14)19(25)12-26-20-17-9-18(16-6-4-3-5-7-16)27-21(17)23-13-22-20/h3-7,9,13-15H,8,10-12H2,1-2H3/t14-,15-/m1/s1. The van der Waals surface area contributed by atoms with Gasteiger partial charge in [0, 0.05) is 23.4 Å². The van der Waals surface area contributed by atoms with Crippen LogP contribution in [-0.4, -0.2) is 39.6 Å². The van der Waals surface area contributed by atoms with Crippen LogP contribution < -0.4 is 0 Å². The monoisotopic (exact) mass is 397 g/mol. The van der Waals surface area contributed by atoms with Gasteiger partial charge in [-0.25, -0.2) is 9.97 Å². The summed E-state index contributed by atoms with van der Waals surface area (Å²) in [6, 6.07) is 12.5. The number of hydrogen-bond donors (Lipinski definition) is 0. The van der Waals surface area contributed by atoms with Gasteiger partial charge in [-0.15, -0.1) is 11.3 Å². The zero-order chi connectivity index (χ0) is 18.8. The molecular formula is C21H23N3OS2. The molecule has 1 aliphatic heterocycles. The molecular weight excluding hydrogens is 374 g/mol. The maximum Gasteiger partial charge on any atom is 0.233 e. The molecule has 140 valence electrons. The van der Waals surface area contributed by atoms with Crippen molar-refractivity contribution in [1.29, 1.82) is 0 Å². The highest BCUT2D eigenvalue weighted by Gasteiger charge is 2.25. The van der Waals surface area contributed by atoms with Gasteiger partial charge in [-0.1, -0.05) is 55.9 Å². The fourth-order valence-electron chi connectivity index (χ4n) is 3.78. The number of amides is 1. The molecule has 2 aromatic heterocycles. The largest absolute Gasteiger partial charge is 0.341 e. The number of aromatic nitrogens is 2. The topological polar surface area (TPSA) is 46.1 Å². The van der Waals surface area contributed by atoms with E-state index in [0.29, 0.717) is 17.6 Å². The molecule has 4 rings (SSSR count). The molecule has 4 nitrogen and oxygen atoms in total. The van der Waals surface area contributed by atoms with Crippen molar-refractivity contribution in [1.82, 2.24) is 14.9 Å². The van der Waals surface area contributed by atoms with Crippen molar-refractivity contribution in [2.45, 2.75) is 25.3 Å². The first-order chi connectivity index (χ1) is 13.1. The van der Waals surface area contributed by atoms with E-state index < -0.39 is 0 Å². The minimum absolute atomic E-state index is 0.212. The first-order valence-electron chi connectivity index (χ1n) is 9.30. The van der Waals surface area contributed by atoms with Crippen molar-refractivity contribution >= 4 is 39.2 Å². The fourth-order valence-corrected chi connectivity index (χ4v) is 5.73. The Morgan fingerprint density at radius 3 is 2.67 bits per heavy atom. The van der Waals surface area contributed by atoms with Crippen LogP contribution in [0.25, 0.3) is 20.7 Å². The Balaban J connectivity index is 1.50. The third kappa shape index (κ3) is 4.17. The number of thioether (sulfide) groups is 1.